The molecule has 3 aromatic rings. The van der Waals surface area contributed by atoms with Gasteiger partial charge in [-0.25, -0.2) is 13.8 Å². The quantitative estimate of drug-likeness (QED) is 0.451. The number of hydrogen-bond donors (Lipinski definition) is 1. The van der Waals surface area contributed by atoms with Crippen molar-refractivity contribution in [3.05, 3.63) is 95.1 Å². The molecule has 0 aliphatic carbocycles. The Balaban J connectivity index is 1.84. The SMILES string of the molecule is Cc1ccc(S(=O)(=O)N(CC(=O)NN=Cc2cccc(C)c2)c2cccc(C)c2)cc1. The zero-order valence-corrected chi connectivity index (χ0v) is 18.6. The summed E-state index contributed by atoms with van der Waals surface area (Å²) in [4.78, 5) is 12.7. The molecular formula is C24H25N3O3S. The molecule has 0 fully saturated rings. The summed E-state index contributed by atoms with van der Waals surface area (Å²) in [5.74, 6) is -0.541. The van der Waals surface area contributed by atoms with Gasteiger partial charge in [0.15, 0.2) is 0 Å². The van der Waals surface area contributed by atoms with Crippen LogP contribution in [0.1, 0.15) is 22.3 Å². The Kier molecular flexibility index (Phi) is 6.87. The van der Waals surface area contributed by atoms with Crippen molar-refractivity contribution in [1.29, 1.82) is 0 Å². The third-order valence-corrected chi connectivity index (χ3v) is 6.42. The van der Waals surface area contributed by atoms with Gasteiger partial charge in [-0.15, -0.1) is 0 Å². The highest BCUT2D eigenvalue weighted by Gasteiger charge is 2.27. The van der Waals surface area contributed by atoms with Crippen molar-refractivity contribution in [2.45, 2.75) is 25.7 Å². The monoisotopic (exact) mass is 435 g/mol. The van der Waals surface area contributed by atoms with E-state index in [2.05, 4.69) is 10.5 Å². The Morgan fingerprint density at radius 1 is 0.903 bits per heavy atom. The van der Waals surface area contributed by atoms with Crippen LogP contribution < -0.4 is 9.73 Å². The number of hydrogen-bond acceptors (Lipinski definition) is 4. The number of anilines is 1. The van der Waals surface area contributed by atoms with Crippen molar-refractivity contribution >= 4 is 27.8 Å². The van der Waals surface area contributed by atoms with Gasteiger partial charge in [0, 0.05) is 0 Å². The fourth-order valence-corrected chi connectivity index (χ4v) is 4.44. The van der Waals surface area contributed by atoms with Crippen LogP contribution in [0, 0.1) is 20.8 Å². The number of hydrazone groups is 1. The molecule has 1 amide bonds. The largest absolute Gasteiger partial charge is 0.271 e. The minimum atomic E-state index is -3.94. The van der Waals surface area contributed by atoms with Gasteiger partial charge in [0.25, 0.3) is 15.9 Å². The molecule has 3 rings (SSSR count). The first-order chi connectivity index (χ1) is 14.8. The van der Waals surface area contributed by atoms with E-state index in [-0.39, 0.29) is 4.90 Å². The van der Waals surface area contributed by atoms with Crippen molar-refractivity contribution in [3.63, 3.8) is 0 Å². The van der Waals surface area contributed by atoms with Crippen LogP contribution in [0.3, 0.4) is 0 Å². The molecule has 31 heavy (non-hydrogen) atoms. The summed E-state index contributed by atoms with van der Waals surface area (Å²) < 4.78 is 27.8. The number of nitrogens with one attached hydrogen (secondary N) is 1. The molecule has 0 saturated carbocycles. The molecule has 6 nitrogen and oxygen atoms in total. The van der Waals surface area contributed by atoms with Crippen LogP contribution in [0.4, 0.5) is 5.69 Å². The zero-order chi connectivity index (χ0) is 22.4. The maximum absolute atomic E-state index is 13.3. The van der Waals surface area contributed by atoms with Crippen molar-refractivity contribution in [2.24, 2.45) is 5.10 Å². The van der Waals surface area contributed by atoms with E-state index in [1.165, 1.54) is 6.21 Å². The second-order valence-electron chi connectivity index (χ2n) is 7.37. The number of nitrogens with zero attached hydrogens (tertiary/aromatic N) is 2. The molecule has 0 unspecified atom stereocenters. The third kappa shape index (κ3) is 5.79. The highest BCUT2D eigenvalue weighted by Crippen LogP contribution is 2.24. The predicted octanol–water partition coefficient (Wildman–Crippen LogP) is 3.96. The van der Waals surface area contributed by atoms with Crippen LogP contribution in [0.25, 0.3) is 0 Å². The maximum Gasteiger partial charge on any atom is 0.264 e. The smallest absolute Gasteiger partial charge is 0.264 e. The maximum atomic E-state index is 13.3. The van der Waals surface area contributed by atoms with Crippen LogP contribution in [-0.4, -0.2) is 27.1 Å². The molecule has 1 N–H and O–H groups in total. The topological polar surface area (TPSA) is 78.8 Å². The van der Waals surface area contributed by atoms with Crippen molar-refractivity contribution in [2.75, 3.05) is 10.8 Å². The van der Waals surface area contributed by atoms with E-state index in [9.17, 15) is 13.2 Å². The Labute approximate surface area is 183 Å². The number of carbonyl (C=O) groups is 1. The lowest BCUT2D eigenvalue weighted by molar-refractivity contribution is -0.119. The summed E-state index contributed by atoms with van der Waals surface area (Å²) in [6.07, 6.45) is 1.52. The van der Waals surface area contributed by atoms with E-state index in [4.69, 9.17) is 0 Å². The molecule has 0 heterocycles. The lowest BCUT2D eigenvalue weighted by Crippen LogP contribution is -2.39. The minimum Gasteiger partial charge on any atom is -0.271 e. The number of rotatable bonds is 7. The standard InChI is InChI=1S/C24H25N3O3S/c1-18-10-12-23(13-11-18)31(29,30)27(22-9-5-7-20(3)15-22)17-24(28)26-25-16-21-8-4-6-19(2)14-21/h4-16H,17H2,1-3H3,(H,26,28). The predicted molar refractivity (Wildman–Crippen MR) is 124 cm³/mol. The van der Waals surface area contributed by atoms with Crippen LogP contribution in [0.2, 0.25) is 0 Å². The number of amides is 1. The van der Waals surface area contributed by atoms with Gasteiger partial charge in [-0.1, -0.05) is 59.7 Å². The number of sulfonamides is 1. The number of benzene rings is 3. The van der Waals surface area contributed by atoms with Crippen LogP contribution in [0.5, 0.6) is 0 Å². The van der Waals surface area contributed by atoms with Gasteiger partial charge in [-0.05, 0) is 56.2 Å². The van der Waals surface area contributed by atoms with E-state index in [0.717, 1.165) is 26.6 Å². The van der Waals surface area contributed by atoms with Crippen molar-refractivity contribution < 1.29 is 13.2 Å². The average Bonchev–Trinajstić information content (AvgIpc) is 2.72. The summed E-state index contributed by atoms with van der Waals surface area (Å²) in [7, 11) is -3.94. The summed E-state index contributed by atoms with van der Waals surface area (Å²) in [5, 5.41) is 3.97. The van der Waals surface area contributed by atoms with Gasteiger partial charge in [-0.2, -0.15) is 5.10 Å². The average molecular weight is 436 g/mol. The summed E-state index contributed by atoms with van der Waals surface area (Å²) >= 11 is 0. The fraction of sp³-hybridized carbons (Fsp3) is 0.167. The number of carbonyl (C=O) groups excluding carboxylic acids is 1. The highest BCUT2D eigenvalue weighted by molar-refractivity contribution is 7.92. The molecule has 7 heteroatoms. The molecule has 0 radical (unpaired) electrons. The minimum absolute atomic E-state index is 0.121. The first-order valence-electron chi connectivity index (χ1n) is 9.80. The van der Waals surface area contributed by atoms with Crippen molar-refractivity contribution in [3.8, 4) is 0 Å². The summed E-state index contributed by atoms with van der Waals surface area (Å²) in [6.45, 7) is 5.32. The van der Waals surface area contributed by atoms with E-state index in [1.807, 2.05) is 51.1 Å². The molecule has 0 aromatic heterocycles. The lowest BCUT2D eigenvalue weighted by atomic mass is 10.2. The summed E-state index contributed by atoms with van der Waals surface area (Å²) in [5.41, 5.74) is 6.58. The second kappa shape index (κ2) is 9.57. The Hall–Kier alpha value is -3.45. The van der Waals surface area contributed by atoms with Gasteiger partial charge in [-0.3, -0.25) is 9.10 Å². The van der Waals surface area contributed by atoms with Crippen LogP contribution in [0.15, 0.2) is 82.8 Å². The Morgan fingerprint density at radius 3 is 2.19 bits per heavy atom. The second-order valence-corrected chi connectivity index (χ2v) is 9.23. The summed E-state index contributed by atoms with van der Waals surface area (Å²) in [6, 6.07) is 21.2. The molecule has 0 atom stereocenters. The Bertz CT molecular complexity index is 1200. The fourth-order valence-electron chi connectivity index (χ4n) is 3.03. The third-order valence-electron chi connectivity index (χ3n) is 4.63. The normalized spacial score (nSPS) is 11.5. The lowest BCUT2D eigenvalue weighted by Gasteiger charge is -2.24. The van der Waals surface area contributed by atoms with E-state index >= 15 is 0 Å². The highest BCUT2D eigenvalue weighted by atomic mass is 32.2. The van der Waals surface area contributed by atoms with Crippen LogP contribution >= 0.6 is 0 Å². The molecule has 0 spiro atoms. The van der Waals surface area contributed by atoms with Crippen molar-refractivity contribution in [1.82, 2.24) is 5.43 Å². The Morgan fingerprint density at radius 2 is 1.55 bits per heavy atom. The first kappa shape index (κ1) is 22.2. The van der Waals surface area contributed by atoms with E-state index < -0.39 is 22.5 Å². The van der Waals surface area contributed by atoms with Gasteiger partial charge in [0.1, 0.15) is 6.54 Å². The van der Waals surface area contributed by atoms with E-state index in [0.29, 0.717) is 5.69 Å². The molecule has 0 aliphatic rings. The van der Waals surface area contributed by atoms with E-state index in [1.54, 1.807) is 42.5 Å². The molecule has 160 valence electrons. The van der Waals surface area contributed by atoms with Crippen LogP contribution in [-0.2, 0) is 14.8 Å². The molecule has 0 aliphatic heterocycles. The number of aryl methyl sites for hydroxylation is 3. The molecule has 3 aromatic carbocycles. The molecule has 0 bridgehead atoms. The first-order valence-corrected chi connectivity index (χ1v) is 11.2. The van der Waals surface area contributed by atoms with Gasteiger partial charge < -0.3 is 0 Å². The molecule has 0 saturated heterocycles. The van der Waals surface area contributed by atoms with Gasteiger partial charge >= 0.3 is 0 Å². The zero-order valence-electron chi connectivity index (χ0n) is 17.7. The van der Waals surface area contributed by atoms with Gasteiger partial charge in [0.05, 0.1) is 16.8 Å². The van der Waals surface area contributed by atoms with Gasteiger partial charge in [0.2, 0.25) is 0 Å². The molecular weight excluding hydrogens is 410 g/mol.